The lowest BCUT2D eigenvalue weighted by Crippen LogP contribution is -2.31. The summed E-state index contributed by atoms with van der Waals surface area (Å²) in [7, 11) is 0. The summed E-state index contributed by atoms with van der Waals surface area (Å²) in [6.07, 6.45) is 9.71. The number of nitrogens with zero attached hydrogens (tertiary/aromatic N) is 6. The van der Waals surface area contributed by atoms with E-state index in [1.54, 1.807) is 18.7 Å². The second-order valence-electron chi connectivity index (χ2n) is 9.62. The predicted octanol–water partition coefficient (Wildman–Crippen LogP) is 4.68. The van der Waals surface area contributed by atoms with Crippen molar-refractivity contribution >= 4 is 22.8 Å². The molecule has 1 atom stereocenters. The maximum Gasteiger partial charge on any atom is 0.234 e. The van der Waals surface area contributed by atoms with E-state index in [2.05, 4.69) is 49.7 Å². The number of carbonyl (C=O) groups is 1. The van der Waals surface area contributed by atoms with Gasteiger partial charge in [0.2, 0.25) is 5.91 Å². The molecule has 4 heterocycles. The summed E-state index contributed by atoms with van der Waals surface area (Å²) in [5.74, 6) is 2.35. The molecule has 1 amide bonds. The fraction of sp³-hybridized carbons (Fsp3) is 0.385. The lowest BCUT2D eigenvalue weighted by Gasteiger charge is -2.22. The number of carbonyl (C=O) groups excluding carboxylic acids is 1. The van der Waals surface area contributed by atoms with Gasteiger partial charge in [0.15, 0.2) is 5.65 Å². The van der Waals surface area contributed by atoms with Crippen LogP contribution in [0.15, 0.2) is 36.9 Å². The molecular formula is C26H27N7O. The number of imidazole rings is 1. The summed E-state index contributed by atoms with van der Waals surface area (Å²) in [5, 5.41) is 3.09. The second-order valence-corrected chi connectivity index (χ2v) is 9.62. The molecule has 1 aliphatic heterocycles. The Balaban J connectivity index is 1.47. The van der Waals surface area contributed by atoms with Gasteiger partial charge in [0.1, 0.15) is 29.2 Å². The van der Waals surface area contributed by atoms with Crippen LogP contribution in [0.4, 0.5) is 5.69 Å². The number of nitrogens with one attached hydrogen (secondary N) is 1. The molecule has 1 fully saturated rings. The smallest absolute Gasteiger partial charge is 0.234 e. The van der Waals surface area contributed by atoms with Crippen molar-refractivity contribution in [2.24, 2.45) is 5.92 Å². The molecule has 8 nitrogen and oxygen atoms in total. The molecule has 0 saturated heterocycles. The Morgan fingerprint density at radius 2 is 1.91 bits per heavy atom. The van der Waals surface area contributed by atoms with Gasteiger partial charge < -0.3 is 9.88 Å². The van der Waals surface area contributed by atoms with E-state index < -0.39 is 5.41 Å². The van der Waals surface area contributed by atoms with E-state index in [1.165, 1.54) is 12.8 Å². The van der Waals surface area contributed by atoms with Crippen molar-refractivity contribution in [1.29, 1.82) is 0 Å². The number of benzene rings is 1. The highest BCUT2D eigenvalue weighted by Crippen LogP contribution is 2.46. The molecule has 1 unspecified atom stereocenters. The summed E-state index contributed by atoms with van der Waals surface area (Å²) in [6.45, 7) is 6.71. The van der Waals surface area contributed by atoms with Crippen molar-refractivity contribution in [3.63, 3.8) is 0 Å². The van der Waals surface area contributed by atoms with Crippen LogP contribution in [0.25, 0.3) is 33.8 Å². The summed E-state index contributed by atoms with van der Waals surface area (Å²) in [5.41, 5.74) is 5.47. The first kappa shape index (κ1) is 20.9. The predicted molar refractivity (Wildman–Crippen MR) is 130 cm³/mol. The molecule has 0 spiro atoms. The Kier molecular flexibility index (Phi) is 4.72. The van der Waals surface area contributed by atoms with Gasteiger partial charge in [-0.2, -0.15) is 0 Å². The Morgan fingerprint density at radius 1 is 1.12 bits per heavy atom. The first-order valence-electron chi connectivity index (χ1n) is 11.9. The third-order valence-corrected chi connectivity index (χ3v) is 7.27. The zero-order chi connectivity index (χ0) is 23.4. The summed E-state index contributed by atoms with van der Waals surface area (Å²) < 4.78 is 2.06. The standard InChI is InChI=1S/C26H27N7O/c1-4-33-23(18-12-27-15(2)28-13-18)32-22-21(29-14-30-24(22)33)17-7-8-20-19(11-17)26(3,25(34)31-20)10-9-16-5-6-16/h7-8,11-14,16H,4-6,9-10H2,1-3H3,(H,31,34). The maximum atomic E-state index is 12.9. The second kappa shape index (κ2) is 7.68. The normalized spacial score (nSPS) is 19.4. The minimum Gasteiger partial charge on any atom is -0.325 e. The topological polar surface area (TPSA) is 98.5 Å². The van der Waals surface area contributed by atoms with E-state index in [0.717, 1.165) is 69.6 Å². The van der Waals surface area contributed by atoms with Crippen LogP contribution in [0.3, 0.4) is 0 Å². The first-order valence-corrected chi connectivity index (χ1v) is 11.9. The highest BCUT2D eigenvalue weighted by atomic mass is 16.2. The van der Waals surface area contributed by atoms with Crippen molar-refractivity contribution in [2.75, 3.05) is 5.32 Å². The van der Waals surface area contributed by atoms with Gasteiger partial charge in [0.05, 0.1) is 11.0 Å². The minimum atomic E-state index is -0.521. The third-order valence-electron chi connectivity index (χ3n) is 7.27. The molecule has 3 aromatic heterocycles. The lowest BCUT2D eigenvalue weighted by molar-refractivity contribution is -0.120. The van der Waals surface area contributed by atoms with E-state index in [4.69, 9.17) is 4.98 Å². The van der Waals surface area contributed by atoms with Crippen LogP contribution in [-0.2, 0) is 16.8 Å². The van der Waals surface area contributed by atoms with Crippen LogP contribution in [0, 0.1) is 12.8 Å². The maximum absolute atomic E-state index is 12.9. The molecule has 2 aliphatic rings. The SMILES string of the molecule is CCn1c(-c2cnc(C)nc2)nc2c(-c3ccc4c(c3)C(C)(CCC3CC3)C(=O)N4)ncnc21. The van der Waals surface area contributed by atoms with E-state index >= 15 is 0 Å². The quantitative estimate of drug-likeness (QED) is 0.455. The van der Waals surface area contributed by atoms with Crippen LogP contribution in [0.2, 0.25) is 0 Å². The molecule has 8 heteroatoms. The van der Waals surface area contributed by atoms with Crippen molar-refractivity contribution in [3.05, 3.63) is 48.3 Å². The van der Waals surface area contributed by atoms with Crippen LogP contribution in [0.1, 0.15) is 50.9 Å². The van der Waals surface area contributed by atoms with Crippen molar-refractivity contribution < 1.29 is 4.79 Å². The van der Waals surface area contributed by atoms with Crippen LogP contribution >= 0.6 is 0 Å². The molecule has 1 saturated carbocycles. The highest BCUT2D eigenvalue weighted by molar-refractivity contribution is 6.06. The number of anilines is 1. The summed E-state index contributed by atoms with van der Waals surface area (Å²) in [4.78, 5) is 35.8. The molecule has 172 valence electrons. The minimum absolute atomic E-state index is 0.0880. The average molecular weight is 454 g/mol. The van der Waals surface area contributed by atoms with E-state index in [-0.39, 0.29) is 5.91 Å². The van der Waals surface area contributed by atoms with Gasteiger partial charge in [-0.15, -0.1) is 0 Å². The number of amides is 1. The third kappa shape index (κ3) is 3.28. The van der Waals surface area contributed by atoms with E-state index in [1.807, 2.05) is 19.1 Å². The molecule has 6 rings (SSSR count). The van der Waals surface area contributed by atoms with Gasteiger partial charge >= 0.3 is 0 Å². The van der Waals surface area contributed by atoms with E-state index in [0.29, 0.717) is 6.54 Å². The average Bonchev–Trinajstić information content (AvgIpc) is 3.55. The number of rotatable bonds is 6. The van der Waals surface area contributed by atoms with Gasteiger partial charge in [-0.25, -0.2) is 24.9 Å². The van der Waals surface area contributed by atoms with Gasteiger partial charge in [-0.1, -0.05) is 18.9 Å². The zero-order valence-electron chi connectivity index (χ0n) is 19.7. The number of fused-ring (bicyclic) bond motifs is 2. The first-order chi connectivity index (χ1) is 16.5. The largest absolute Gasteiger partial charge is 0.325 e. The van der Waals surface area contributed by atoms with Crippen molar-refractivity contribution in [2.45, 2.75) is 58.4 Å². The van der Waals surface area contributed by atoms with Crippen molar-refractivity contribution in [1.82, 2.24) is 29.5 Å². The van der Waals surface area contributed by atoms with Gasteiger partial charge in [0, 0.05) is 30.2 Å². The Hall–Kier alpha value is -3.68. The monoisotopic (exact) mass is 453 g/mol. The molecule has 1 aliphatic carbocycles. The molecular weight excluding hydrogens is 426 g/mol. The van der Waals surface area contributed by atoms with E-state index in [9.17, 15) is 4.79 Å². The Morgan fingerprint density at radius 3 is 2.65 bits per heavy atom. The molecule has 4 aromatic rings. The fourth-order valence-electron chi connectivity index (χ4n) is 4.96. The molecule has 0 bridgehead atoms. The Labute approximate surface area is 197 Å². The van der Waals surface area contributed by atoms with Gasteiger partial charge in [-0.05, 0) is 57.2 Å². The highest BCUT2D eigenvalue weighted by Gasteiger charge is 2.43. The number of aryl methyl sites for hydroxylation is 2. The molecule has 1 aromatic carbocycles. The fourth-order valence-corrected chi connectivity index (χ4v) is 4.96. The zero-order valence-corrected chi connectivity index (χ0v) is 19.7. The summed E-state index contributed by atoms with van der Waals surface area (Å²) in [6, 6.07) is 6.11. The van der Waals surface area contributed by atoms with Crippen LogP contribution in [-0.4, -0.2) is 35.4 Å². The van der Waals surface area contributed by atoms with Gasteiger partial charge in [0.25, 0.3) is 0 Å². The van der Waals surface area contributed by atoms with Gasteiger partial charge in [-0.3, -0.25) is 4.79 Å². The molecule has 34 heavy (non-hydrogen) atoms. The molecule has 1 N–H and O–H groups in total. The molecule has 0 radical (unpaired) electrons. The Bertz CT molecular complexity index is 1420. The van der Waals surface area contributed by atoms with Crippen LogP contribution < -0.4 is 5.32 Å². The summed E-state index contributed by atoms with van der Waals surface area (Å²) >= 11 is 0. The lowest BCUT2D eigenvalue weighted by atomic mass is 9.78. The van der Waals surface area contributed by atoms with Crippen LogP contribution in [0.5, 0.6) is 0 Å². The van der Waals surface area contributed by atoms with Crippen molar-refractivity contribution in [3.8, 4) is 22.6 Å². The number of hydrogen-bond donors (Lipinski definition) is 1. The number of aromatic nitrogens is 6. The number of hydrogen-bond acceptors (Lipinski definition) is 6.